The van der Waals surface area contributed by atoms with Crippen LogP contribution < -0.4 is 9.47 Å². The monoisotopic (exact) mass is 798 g/mol. The van der Waals surface area contributed by atoms with Crippen molar-refractivity contribution in [2.75, 3.05) is 39.6 Å². The molecule has 5 rings (SSSR count). The molecule has 2 saturated heterocycles. The molecule has 2 heterocycles. The molecule has 12 heteroatoms. The van der Waals surface area contributed by atoms with Gasteiger partial charge in [-0.15, -0.1) is 0 Å². The van der Waals surface area contributed by atoms with Crippen molar-refractivity contribution in [1.82, 2.24) is 0 Å². The molecule has 0 amide bonds. The quantitative estimate of drug-likeness (QED) is 0.0193. The molecule has 0 aliphatic carbocycles. The molecule has 2 aliphatic heterocycles. The third-order valence-corrected chi connectivity index (χ3v) is 10.1. The number of azo groups is 1. The zero-order valence-corrected chi connectivity index (χ0v) is 33.9. The number of esters is 2. The first kappa shape index (κ1) is 44.2. The second kappa shape index (κ2) is 24.1. The van der Waals surface area contributed by atoms with Gasteiger partial charge in [-0.2, -0.15) is 10.2 Å². The van der Waals surface area contributed by atoms with E-state index in [0.29, 0.717) is 39.6 Å². The Kier molecular flexibility index (Phi) is 18.4. The second-order valence-electron chi connectivity index (χ2n) is 14.6. The van der Waals surface area contributed by atoms with Gasteiger partial charge >= 0.3 is 11.9 Å². The van der Waals surface area contributed by atoms with Crippen molar-refractivity contribution in [3.63, 3.8) is 0 Å². The highest BCUT2D eigenvalue weighted by atomic mass is 17.2. The Morgan fingerprint density at radius 2 is 1.22 bits per heavy atom. The van der Waals surface area contributed by atoms with E-state index >= 15 is 0 Å². The van der Waals surface area contributed by atoms with Gasteiger partial charge in [-0.25, -0.2) is 19.4 Å². The number of fused-ring (bicyclic) bond motifs is 1. The van der Waals surface area contributed by atoms with E-state index in [9.17, 15) is 9.59 Å². The summed E-state index contributed by atoms with van der Waals surface area (Å²) in [4.78, 5) is 33.6. The van der Waals surface area contributed by atoms with Gasteiger partial charge in [0.2, 0.25) is 0 Å². The molecule has 0 radical (unpaired) electrons. The predicted molar refractivity (Wildman–Crippen MR) is 220 cm³/mol. The van der Waals surface area contributed by atoms with Gasteiger partial charge in [0.15, 0.2) is 0 Å². The summed E-state index contributed by atoms with van der Waals surface area (Å²) in [5.41, 5.74) is 5.68. The zero-order chi connectivity index (χ0) is 41.0. The molecule has 0 spiro atoms. The van der Waals surface area contributed by atoms with Gasteiger partial charge in [0.05, 0.1) is 57.1 Å². The first-order valence-corrected chi connectivity index (χ1v) is 20.4. The van der Waals surface area contributed by atoms with Crippen LogP contribution >= 0.6 is 0 Å². The molecule has 0 N–H and O–H groups in total. The number of unbranched alkanes of at least 4 members (excludes halogenated alkanes) is 6. The Bertz CT molecular complexity index is 1750. The van der Waals surface area contributed by atoms with Crippen LogP contribution in [0.1, 0.15) is 73.6 Å². The van der Waals surface area contributed by atoms with Gasteiger partial charge in [0.25, 0.3) is 0 Å². The van der Waals surface area contributed by atoms with E-state index in [-0.39, 0.29) is 42.8 Å². The van der Waals surface area contributed by atoms with Crippen molar-refractivity contribution in [3.05, 3.63) is 108 Å². The van der Waals surface area contributed by atoms with Gasteiger partial charge in [0, 0.05) is 18.1 Å². The number of ether oxygens (including phenoxy) is 6. The SMILES string of the molecule is C=CC(=O)OCCCCCCOc1ccc(C[C@@H]2CO[C@H]3[C@@H]2OC[C@H]3OOCc2ccc(N=Nc3c(C)cc(OCCCCCCOC(=O)C=C)cc3C)cc2)cc1. The number of hydrogen-bond donors (Lipinski definition) is 0. The van der Waals surface area contributed by atoms with Crippen molar-refractivity contribution < 1.29 is 47.8 Å². The summed E-state index contributed by atoms with van der Waals surface area (Å²) in [5.74, 6) is 1.15. The number of carbonyl (C=O) groups is 2. The lowest BCUT2D eigenvalue weighted by molar-refractivity contribution is -0.341. The van der Waals surface area contributed by atoms with E-state index in [0.717, 1.165) is 97.4 Å². The van der Waals surface area contributed by atoms with Crippen molar-refractivity contribution in [2.24, 2.45) is 16.1 Å². The number of carbonyl (C=O) groups excluding carboxylic acids is 2. The average Bonchev–Trinajstić information content (AvgIpc) is 3.83. The lowest BCUT2D eigenvalue weighted by atomic mass is 9.94. The fourth-order valence-electron chi connectivity index (χ4n) is 6.90. The maximum atomic E-state index is 11.1. The van der Waals surface area contributed by atoms with E-state index in [1.807, 2.05) is 62.4 Å². The minimum Gasteiger partial charge on any atom is -0.494 e. The van der Waals surface area contributed by atoms with Gasteiger partial charge in [0.1, 0.15) is 30.3 Å². The molecule has 0 unspecified atom stereocenters. The topological polar surface area (TPSA) is 133 Å². The molecule has 2 aliphatic rings. The smallest absolute Gasteiger partial charge is 0.330 e. The first-order chi connectivity index (χ1) is 28.3. The summed E-state index contributed by atoms with van der Waals surface area (Å²) in [5, 5.41) is 9.01. The highest BCUT2D eigenvalue weighted by Crippen LogP contribution is 2.35. The molecule has 0 saturated carbocycles. The average molecular weight is 799 g/mol. The number of aryl methyl sites for hydroxylation is 2. The molecular formula is C46H58N2O10. The Morgan fingerprint density at radius 1 is 0.672 bits per heavy atom. The molecule has 3 aromatic rings. The standard InChI is InChI=1S/C46H58N2O10/c1-5-42(49)53-25-13-9-7-11-23-51-39-21-17-35(18-22-39)29-37-31-55-46-41(32-56-45(37)46)58-57-30-36-15-19-38(20-16-36)47-48-44-33(3)27-40(28-34(44)4)52-24-12-8-10-14-26-54-43(50)6-2/h5-6,15-22,27-28,37,41,45-46H,1-2,7-14,23-26,29-32H2,3-4H3/t37-,41-,45-,46-/m1/s1. The van der Waals surface area contributed by atoms with E-state index in [1.165, 1.54) is 17.7 Å². The molecule has 4 atom stereocenters. The summed E-state index contributed by atoms with van der Waals surface area (Å²) < 4.78 is 34.2. The van der Waals surface area contributed by atoms with Gasteiger partial charge < -0.3 is 28.4 Å². The molecule has 58 heavy (non-hydrogen) atoms. The largest absolute Gasteiger partial charge is 0.494 e. The summed E-state index contributed by atoms with van der Waals surface area (Å²) in [6.07, 6.45) is 10.2. The van der Waals surface area contributed by atoms with Crippen LogP contribution in [-0.4, -0.2) is 69.9 Å². The Morgan fingerprint density at radius 3 is 1.83 bits per heavy atom. The van der Waals surface area contributed by atoms with Crippen LogP contribution in [0.5, 0.6) is 11.5 Å². The number of rotatable bonds is 26. The van der Waals surface area contributed by atoms with E-state index in [1.54, 1.807) is 0 Å². The third kappa shape index (κ3) is 14.5. The van der Waals surface area contributed by atoms with Crippen molar-refractivity contribution in [1.29, 1.82) is 0 Å². The minimum absolute atomic E-state index is 0.0465. The molecular weight excluding hydrogens is 741 g/mol. The minimum atomic E-state index is -0.378. The van der Waals surface area contributed by atoms with Crippen molar-refractivity contribution in [2.45, 2.75) is 96.6 Å². The van der Waals surface area contributed by atoms with Crippen LogP contribution in [0.25, 0.3) is 0 Å². The molecule has 3 aromatic carbocycles. The molecule has 312 valence electrons. The van der Waals surface area contributed by atoms with Crippen molar-refractivity contribution >= 4 is 23.3 Å². The van der Waals surface area contributed by atoms with Crippen LogP contribution in [-0.2, 0) is 51.3 Å². The Balaban J connectivity index is 0.954. The Hall–Kier alpha value is -4.88. The molecule has 0 aromatic heterocycles. The van der Waals surface area contributed by atoms with Crippen LogP contribution in [0, 0.1) is 19.8 Å². The highest BCUT2D eigenvalue weighted by molar-refractivity contribution is 5.81. The van der Waals surface area contributed by atoms with E-state index in [2.05, 4.69) is 35.5 Å². The summed E-state index contributed by atoms with van der Waals surface area (Å²) >= 11 is 0. The third-order valence-electron chi connectivity index (χ3n) is 10.1. The lowest BCUT2D eigenvalue weighted by Crippen LogP contribution is -2.31. The summed E-state index contributed by atoms with van der Waals surface area (Å²) in [6, 6.07) is 19.9. The van der Waals surface area contributed by atoms with Gasteiger partial charge in [-0.1, -0.05) is 37.4 Å². The Labute approximate surface area is 342 Å². The number of nitrogens with zero attached hydrogens (tertiary/aromatic N) is 2. The fraction of sp³-hybridized carbons (Fsp3) is 0.478. The molecule has 2 fully saturated rings. The predicted octanol–water partition coefficient (Wildman–Crippen LogP) is 9.53. The fourth-order valence-corrected chi connectivity index (χ4v) is 6.90. The summed E-state index contributed by atoms with van der Waals surface area (Å²) in [7, 11) is 0. The number of benzene rings is 3. The van der Waals surface area contributed by atoms with Crippen LogP contribution in [0.3, 0.4) is 0 Å². The van der Waals surface area contributed by atoms with Crippen LogP contribution in [0.4, 0.5) is 11.4 Å². The van der Waals surface area contributed by atoms with E-state index in [4.69, 9.17) is 38.2 Å². The maximum Gasteiger partial charge on any atom is 0.330 e. The summed E-state index contributed by atoms with van der Waals surface area (Å²) in [6.45, 7) is 14.2. The van der Waals surface area contributed by atoms with Gasteiger partial charge in [-0.3, -0.25) is 0 Å². The normalized spacial score (nSPS) is 18.5. The lowest BCUT2D eigenvalue weighted by Gasteiger charge is -2.17. The van der Waals surface area contributed by atoms with Crippen LogP contribution in [0.2, 0.25) is 0 Å². The maximum absolute atomic E-state index is 11.1. The zero-order valence-electron chi connectivity index (χ0n) is 33.9. The second-order valence-corrected chi connectivity index (χ2v) is 14.6. The van der Waals surface area contributed by atoms with Crippen molar-refractivity contribution in [3.8, 4) is 11.5 Å². The highest BCUT2D eigenvalue weighted by Gasteiger charge is 2.48. The van der Waals surface area contributed by atoms with Crippen LogP contribution in [0.15, 0.2) is 96.2 Å². The number of hydrogen-bond acceptors (Lipinski definition) is 12. The van der Waals surface area contributed by atoms with E-state index < -0.39 is 0 Å². The molecule has 0 bridgehead atoms. The molecule has 12 nitrogen and oxygen atoms in total. The van der Waals surface area contributed by atoms with Gasteiger partial charge in [-0.05, 0) is 130 Å². The first-order valence-electron chi connectivity index (χ1n) is 20.4.